The highest BCUT2D eigenvalue weighted by molar-refractivity contribution is 5.73. The summed E-state index contributed by atoms with van der Waals surface area (Å²) in [7, 11) is 0. The Labute approximate surface area is 149 Å². The van der Waals surface area contributed by atoms with E-state index in [-0.39, 0.29) is 11.9 Å². The third-order valence-corrected chi connectivity index (χ3v) is 5.04. The summed E-state index contributed by atoms with van der Waals surface area (Å²) in [6, 6.07) is 16.2. The number of piperidine rings is 1. The van der Waals surface area contributed by atoms with Crippen molar-refractivity contribution in [1.82, 2.24) is 5.32 Å². The summed E-state index contributed by atoms with van der Waals surface area (Å²) >= 11 is 0. The number of phenols is 1. The molecule has 0 aromatic heterocycles. The fraction of sp³-hybridized carbons (Fsp3) is 0.381. The molecule has 2 aromatic rings. The van der Waals surface area contributed by atoms with E-state index in [0.29, 0.717) is 11.7 Å². The Morgan fingerprint density at radius 1 is 1.08 bits per heavy atom. The molecule has 1 fully saturated rings. The molecule has 0 spiro atoms. The molecular weight excluding hydrogens is 312 g/mol. The zero-order valence-electron chi connectivity index (χ0n) is 14.9. The van der Waals surface area contributed by atoms with E-state index in [0.717, 1.165) is 31.5 Å². The number of phenolic OH excluding ortho intramolecular Hbond substituents is 1. The molecule has 1 amide bonds. The molecule has 1 aliphatic rings. The second-order valence-corrected chi connectivity index (χ2v) is 6.87. The molecule has 25 heavy (non-hydrogen) atoms. The van der Waals surface area contributed by atoms with Crippen LogP contribution in [0.2, 0.25) is 0 Å². The van der Waals surface area contributed by atoms with Crippen LogP contribution in [-0.4, -0.2) is 24.1 Å². The SMILES string of the molecule is CC(=O)N[C@@H](C)c1ccc(C2CCN(c3ccc(O)cc3)CC2)cc1. The van der Waals surface area contributed by atoms with E-state index in [9.17, 15) is 9.90 Å². The highest BCUT2D eigenvalue weighted by atomic mass is 16.3. The second kappa shape index (κ2) is 7.60. The molecule has 0 radical (unpaired) electrons. The van der Waals surface area contributed by atoms with Gasteiger partial charge in [-0.2, -0.15) is 0 Å². The molecule has 0 unspecified atom stereocenters. The average Bonchev–Trinajstić information content (AvgIpc) is 2.62. The summed E-state index contributed by atoms with van der Waals surface area (Å²) in [5.74, 6) is 0.892. The summed E-state index contributed by atoms with van der Waals surface area (Å²) in [6.45, 7) is 5.61. The minimum absolute atomic E-state index is 0.00169. The highest BCUT2D eigenvalue weighted by Crippen LogP contribution is 2.31. The fourth-order valence-corrected chi connectivity index (χ4v) is 3.58. The Bertz CT molecular complexity index is 702. The Hall–Kier alpha value is -2.49. The lowest BCUT2D eigenvalue weighted by molar-refractivity contribution is -0.119. The van der Waals surface area contributed by atoms with Gasteiger partial charge in [0.2, 0.25) is 5.91 Å². The zero-order chi connectivity index (χ0) is 17.8. The maximum atomic E-state index is 11.2. The fourth-order valence-electron chi connectivity index (χ4n) is 3.58. The number of rotatable bonds is 4. The molecule has 1 aliphatic heterocycles. The number of carbonyl (C=O) groups is 1. The van der Waals surface area contributed by atoms with Crippen molar-refractivity contribution in [3.63, 3.8) is 0 Å². The van der Waals surface area contributed by atoms with Gasteiger partial charge in [0, 0.05) is 25.7 Å². The first-order valence-electron chi connectivity index (χ1n) is 8.94. The highest BCUT2D eigenvalue weighted by Gasteiger charge is 2.21. The Morgan fingerprint density at radius 2 is 1.68 bits per heavy atom. The van der Waals surface area contributed by atoms with E-state index in [1.807, 2.05) is 19.1 Å². The van der Waals surface area contributed by atoms with Crippen LogP contribution in [0.5, 0.6) is 5.75 Å². The lowest BCUT2D eigenvalue weighted by atomic mass is 9.88. The van der Waals surface area contributed by atoms with Crippen LogP contribution >= 0.6 is 0 Å². The molecule has 0 saturated carbocycles. The Kier molecular flexibility index (Phi) is 5.27. The number of amides is 1. The molecular formula is C21H26N2O2. The topological polar surface area (TPSA) is 52.6 Å². The van der Waals surface area contributed by atoms with Crippen molar-refractivity contribution in [2.45, 2.75) is 38.6 Å². The van der Waals surface area contributed by atoms with Crippen LogP contribution in [0.1, 0.15) is 49.8 Å². The van der Waals surface area contributed by atoms with E-state index in [2.05, 4.69) is 34.5 Å². The molecule has 1 heterocycles. The van der Waals surface area contributed by atoms with Crippen LogP contribution < -0.4 is 10.2 Å². The van der Waals surface area contributed by atoms with Crippen molar-refractivity contribution in [2.75, 3.05) is 18.0 Å². The number of carbonyl (C=O) groups excluding carboxylic acids is 1. The summed E-state index contributed by atoms with van der Waals surface area (Å²) in [5.41, 5.74) is 3.69. The molecule has 1 atom stereocenters. The third kappa shape index (κ3) is 4.32. The van der Waals surface area contributed by atoms with E-state index in [4.69, 9.17) is 0 Å². The van der Waals surface area contributed by atoms with Crippen LogP contribution in [0, 0.1) is 0 Å². The quantitative estimate of drug-likeness (QED) is 0.887. The van der Waals surface area contributed by atoms with Crippen molar-refractivity contribution in [3.8, 4) is 5.75 Å². The molecule has 2 N–H and O–H groups in total. The molecule has 3 rings (SSSR count). The van der Waals surface area contributed by atoms with Gasteiger partial charge in [-0.3, -0.25) is 4.79 Å². The molecule has 4 heteroatoms. The smallest absolute Gasteiger partial charge is 0.217 e. The zero-order valence-corrected chi connectivity index (χ0v) is 14.9. The monoisotopic (exact) mass is 338 g/mol. The number of hydrogen-bond acceptors (Lipinski definition) is 3. The Morgan fingerprint density at radius 3 is 2.24 bits per heavy atom. The van der Waals surface area contributed by atoms with Gasteiger partial charge in [-0.15, -0.1) is 0 Å². The number of anilines is 1. The lowest BCUT2D eigenvalue weighted by Crippen LogP contribution is -2.32. The molecule has 132 valence electrons. The number of aromatic hydroxyl groups is 1. The summed E-state index contributed by atoms with van der Waals surface area (Å²) in [5, 5.41) is 12.3. The van der Waals surface area contributed by atoms with Crippen molar-refractivity contribution >= 4 is 11.6 Å². The van der Waals surface area contributed by atoms with E-state index in [1.165, 1.54) is 11.3 Å². The maximum absolute atomic E-state index is 11.2. The standard InChI is InChI=1S/C21H26N2O2/c1-15(22-16(2)24)17-3-5-18(6-4-17)19-11-13-23(14-12-19)20-7-9-21(25)10-8-20/h3-10,15,19,25H,11-14H2,1-2H3,(H,22,24)/t15-/m0/s1. The summed E-state index contributed by atoms with van der Waals surface area (Å²) < 4.78 is 0. The van der Waals surface area contributed by atoms with Gasteiger partial charge in [-0.25, -0.2) is 0 Å². The van der Waals surface area contributed by atoms with Gasteiger partial charge in [0.25, 0.3) is 0 Å². The van der Waals surface area contributed by atoms with Crippen molar-refractivity contribution in [3.05, 3.63) is 59.7 Å². The van der Waals surface area contributed by atoms with Crippen molar-refractivity contribution in [2.24, 2.45) is 0 Å². The van der Waals surface area contributed by atoms with Gasteiger partial charge in [-0.05, 0) is 61.1 Å². The van der Waals surface area contributed by atoms with Crippen LogP contribution in [0.3, 0.4) is 0 Å². The number of nitrogens with one attached hydrogen (secondary N) is 1. The lowest BCUT2D eigenvalue weighted by Gasteiger charge is -2.34. The number of hydrogen-bond donors (Lipinski definition) is 2. The van der Waals surface area contributed by atoms with Gasteiger partial charge >= 0.3 is 0 Å². The first-order chi connectivity index (χ1) is 12.0. The van der Waals surface area contributed by atoms with Gasteiger partial charge in [0.1, 0.15) is 5.75 Å². The minimum atomic E-state index is -0.00169. The average molecular weight is 338 g/mol. The molecule has 4 nitrogen and oxygen atoms in total. The van der Waals surface area contributed by atoms with Crippen LogP contribution in [0.25, 0.3) is 0 Å². The third-order valence-electron chi connectivity index (χ3n) is 5.04. The van der Waals surface area contributed by atoms with E-state index >= 15 is 0 Å². The number of nitrogens with zero attached hydrogens (tertiary/aromatic N) is 1. The van der Waals surface area contributed by atoms with Crippen LogP contribution in [0.4, 0.5) is 5.69 Å². The molecule has 0 aliphatic carbocycles. The first-order valence-corrected chi connectivity index (χ1v) is 8.94. The van der Waals surface area contributed by atoms with E-state index in [1.54, 1.807) is 19.1 Å². The van der Waals surface area contributed by atoms with Crippen LogP contribution in [-0.2, 0) is 4.79 Å². The number of benzene rings is 2. The summed E-state index contributed by atoms with van der Waals surface area (Å²) in [6.07, 6.45) is 2.25. The molecule has 1 saturated heterocycles. The molecule has 0 bridgehead atoms. The molecule has 2 aromatic carbocycles. The van der Waals surface area contributed by atoms with Gasteiger partial charge in [-0.1, -0.05) is 24.3 Å². The van der Waals surface area contributed by atoms with Crippen molar-refractivity contribution in [1.29, 1.82) is 0 Å². The minimum Gasteiger partial charge on any atom is -0.508 e. The predicted molar refractivity (Wildman–Crippen MR) is 101 cm³/mol. The van der Waals surface area contributed by atoms with Gasteiger partial charge < -0.3 is 15.3 Å². The predicted octanol–water partition coefficient (Wildman–Crippen LogP) is 3.97. The van der Waals surface area contributed by atoms with Crippen molar-refractivity contribution < 1.29 is 9.90 Å². The van der Waals surface area contributed by atoms with E-state index < -0.39 is 0 Å². The Balaban J connectivity index is 1.59. The van der Waals surface area contributed by atoms with Crippen LogP contribution in [0.15, 0.2) is 48.5 Å². The summed E-state index contributed by atoms with van der Waals surface area (Å²) in [4.78, 5) is 13.6. The van der Waals surface area contributed by atoms with Gasteiger partial charge in [0.15, 0.2) is 0 Å². The largest absolute Gasteiger partial charge is 0.508 e. The normalized spacial score (nSPS) is 16.5. The van der Waals surface area contributed by atoms with Gasteiger partial charge in [0.05, 0.1) is 6.04 Å². The first kappa shape index (κ1) is 17.3. The second-order valence-electron chi connectivity index (χ2n) is 6.87. The maximum Gasteiger partial charge on any atom is 0.217 e.